The van der Waals surface area contributed by atoms with E-state index in [0.29, 0.717) is 0 Å². The summed E-state index contributed by atoms with van der Waals surface area (Å²) in [6, 6.07) is 76.0. The van der Waals surface area contributed by atoms with E-state index in [9.17, 15) is 0 Å². The molecule has 1 aliphatic carbocycles. The Morgan fingerprint density at radius 1 is 0.263 bits per heavy atom. The van der Waals surface area contributed by atoms with Gasteiger partial charge < -0.3 is 9.13 Å². The predicted octanol–water partition coefficient (Wildman–Crippen LogP) is 14.5. The fourth-order valence-corrected chi connectivity index (χ4v) is 9.50. The molecule has 2 nitrogen and oxygen atoms in total. The zero-order chi connectivity index (χ0) is 37.5. The molecule has 266 valence electrons. The quantitative estimate of drug-likeness (QED) is 0.171. The maximum atomic E-state index is 2.43. The molecule has 0 fully saturated rings. The van der Waals surface area contributed by atoms with E-state index in [1.54, 1.807) is 0 Å². The SMILES string of the molecule is c1ccc(-n2c3ccccc3c3cc(-c4ccc5c(c4)-c4ccccc4-c4cc(-c6ccc7c(c6)c6ccccc6n7-c6ccccc6)ccc4C5)ccc32)cc1. The van der Waals surface area contributed by atoms with Crippen molar-refractivity contribution >= 4 is 43.6 Å². The highest BCUT2D eigenvalue weighted by molar-refractivity contribution is 6.12. The van der Waals surface area contributed by atoms with Gasteiger partial charge in [-0.2, -0.15) is 0 Å². The third-order valence-corrected chi connectivity index (χ3v) is 12.1. The van der Waals surface area contributed by atoms with Crippen molar-refractivity contribution in [3.63, 3.8) is 0 Å². The summed E-state index contributed by atoms with van der Waals surface area (Å²) in [5, 5.41) is 5.08. The zero-order valence-electron chi connectivity index (χ0n) is 31.2. The first-order chi connectivity index (χ1) is 28.3. The molecule has 0 radical (unpaired) electrons. The van der Waals surface area contributed by atoms with Gasteiger partial charge in [0.15, 0.2) is 0 Å². The van der Waals surface area contributed by atoms with Gasteiger partial charge in [0, 0.05) is 32.9 Å². The lowest BCUT2D eigenvalue weighted by molar-refractivity contribution is 1.18. The van der Waals surface area contributed by atoms with Gasteiger partial charge in [0.25, 0.3) is 0 Å². The van der Waals surface area contributed by atoms with Crippen LogP contribution in [0, 0.1) is 0 Å². The van der Waals surface area contributed by atoms with Crippen molar-refractivity contribution in [3.05, 3.63) is 217 Å². The Labute approximate surface area is 331 Å². The van der Waals surface area contributed by atoms with Gasteiger partial charge in [0.1, 0.15) is 0 Å². The van der Waals surface area contributed by atoms with Gasteiger partial charge in [0.2, 0.25) is 0 Å². The fourth-order valence-electron chi connectivity index (χ4n) is 9.50. The van der Waals surface area contributed by atoms with Crippen molar-refractivity contribution in [2.75, 3.05) is 0 Å². The van der Waals surface area contributed by atoms with E-state index in [0.717, 1.165) is 6.42 Å². The van der Waals surface area contributed by atoms with Crippen LogP contribution in [0.3, 0.4) is 0 Å². The van der Waals surface area contributed by atoms with Gasteiger partial charge in [-0.25, -0.2) is 0 Å². The Hall–Kier alpha value is -7.42. The average Bonchev–Trinajstić information content (AvgIpc) is 3.74. The van der Waals surface area contributed by atoms with Crippen LogP contribution in [0.4, 0.5) is 0 Å². The summed E-state index contributed by atoms with van der Waals surface area (Å²) in [5.41, 5.74) is 20.1. The Morgan fingerprint density at radius 2 is 0.632 bits per heavy atom. The molecule has 0 N–H and O–H groups in total. The third-order valence-electron chi connectivity index (χ3n) is 12.1. The normalized spacial score (nSPS) is 12.1. The Kier molecular flexibility index (Phi) is 7.02. The van der Waals surface area contributed by atoms with E-state index in [1.807, 2.05) is 0 Å². The molecule has 1 aliphatic rings. The first kappa shape index (κ1) is 31.9. The molecule has 57 heavy (non-hydrogen) atoms. The van der Waals surface area contributed by atoms with E-state index >= 15 is 0 Å². The Balaban J connectivity index is 0.967. The second kappa shape index (κ2) is 12.6. The van der Waals surface area contributed by atoms with Crippen molar-refractivity contribution in [2.24, 2.45) is 0 Å². The molecule has 9 aromatic carbocycles. The number of hydrogen-bond donors (Lipinski definition) is 0. The van der Waals surface area contributed by atoms with Crippen molar-refractivity contribution < 1.29 is 0 Å². The van der Waals surface area contributed by atoms with E-state index in [1.165, 1.54) is 111 Å². The standard InChI is InChI=1S/C55H36N2/c1-3-13-42(14-4-1)56-52-21-11-9-19-46(52)50-34-38(27-29-54(50)56)36-23-25-40-31-41-26-24-37(33-49(41)45-18-8-7-17-44(45)48(40)32-36)39-28-30-55-51(35-39)47-20-10-12-22-53(47)57(55)43-15-5-2-6-16-43/h1-30,32-35H,31H2. The molecule has 12 rings (SSSR count). The first-order valence-corrected chi connectivity index (χ1v) is 19.8. The summed E-state index contributed by atoms with van der Waals surface area (Å²) in [7, 11) is 0. The molecule has 0 unspecified atom stereocenters. The van der Waals surface area contributed by atoms with Crippen LogP contribution in [0.1, 0.15) is 11.1 Å². The number of benzene rings is 9. The highest BCUT2D eigenvalue weighted by Crippen LogP contribution is 2.44. The number of rotatable bonds is 4. The lowest BCUT2D eigenvalue weighted by atomic mass is 9.91. The predicted molar refractivity (Wildman–Crippen MR) is 240 cm³/mol. The van der Waals surface area contributed by atoms with Crippen LogP contribution >= 0.6 is 0 Å². The number of nitrogens with zero attached hydrogens (tertiary/aromatic N) is 2. The van der Waals surface area contributed by atoms with Crippen molar-refractivity contribution in [3.8, 4) is 55.9 Å². The summed E-state index contributed by atoms with van der Waals surface area (Å²) in [4.78, 5) is 0. The van der Waals surface area contributed by atoms with Gasteiger partial charge in [-0.1, -0.05) is 133 Å². The van der Waals surface area contributed by atoms with Crippen molar-refractivity contribution in [2.45, 2.75) is 6.42 Å². The monoisotopic (exact) mass is 724 g/mol. The Bertz CT molecular complexity index is 3140. The lowest BCUT2D eigenvalue weighted by Gasteiger charge is -2.13. The van der Waals surface area contributed by atoms with E-state index in [-0.39, 0.29) is 0 Å². The van der Waals surface area contributed by atoms with Crippen LogP contribution in [0.25, 0.3) is 99.5 Å². The van der Waals surface area contributed by atoms with Crippen LogP contribution in [0.15, 0.2) is 206 Å². The summed E-state index contributed by atoms with van der Waals surface area (Å²) in [6.45, 7) is 0. The Morgan fingerprint density at radius 3 is 1.11 bits per heavy atom. The molecule has 2 heteroatoms. The molecule has 0 spiro atoms. The minimum atomic E-state index is 0.882. The second-order valence-corrected chi connectivity index (χ2v) is 15.3. The zero-order valence-corrected chi connectivity index (χ0v) is 31.2. The van der Waals surface area contributed by atoms with Crippen molar-refractivity contribution in [1.82, 2.24) is 9.13 Å². The topological polar surface area (TPSA) is 9.86 Å². The molecule has 0 aliphatic heterocycles. The molecule has 2 aromatic heterocycles. The van der Waals surface area contributed by atoms with Gasteiger partial charge in [-0.3, -0.25) is 0 Å². The molecule has 2 heterocycles. The molecule has 11 aromatic rings. The molecular formula is C55H36N2. The summed E-state index contributed by atoms with van der Waals surface area (Å²) in [5.74, 6) is 0. The van der Waals surface area contributed by atoms with E-state index < -0.39 is 0 Å². The number of para-hydroxylation sites is 4. The maximum Gasteiger partial charge on any atom is 0.0541 e. The maximum absolute atomic E-state index is 2.43. The molecule has 0 saturated carbocycles. The molecule has 0 bridgehead atoms. The summed E-state index contributed by atoms with van der Waals surface area (Å²) in [6.07, 6.45) is 0.882. The second-order valence-electron chi connectivity index (χ2n) is 15.3. The van der Waals surface area contributed by atoms with Gasteiger partial charge >= 0.3 is 0 Å². The number of hydrogen-bond acceptors (Lipinski definition) is 0. The first-order valence-electron chi connectivity index (χ1n) is 19.8. The van der Waals surface area contributed by atoms with E-state index in [4.69, 9.17) is 0 Å². The lowest BCUT2D eigenvalue weighted by Crippen LogP contribution is -1.93. The van der Waals surface area contributed by atoms with E-state index in [2.05, 4.69) is 215 Å². The molecule has 0 amide bonds. The summed E-state index contributed by atoms with van der Waals surface area (Å²) >= 11 is 0. The van der Waals surface area contributed by atoms with Crippen LogP contribution in [-0.2, 0) is 6.42 Å². The highest BCUT2D eigenvalue weighted by Gasteiger charge is 2.22. The molecular weight excluding hydrogens is 689 g/mol. The largest absolute Gasteiger partial charge is 0.309 e. The van der Waals surface area contributed by atoms with Crippen LogP contribution < -0.4 is 0 Å². The van der Waals surface area contributed by atoms with Crippen molar-refractivity contribution in [1.29, 1.82) is 0 Å². The minimum Gasteiger partial charge on any atom is -0.309 e. The summed E-state index contributed by atoms with van der Waals surface area (Å²) < 4.78 is 4.77. The fraction of sp³-hybridized carbons (Fsp3) is 0.0182. The molecule has 0 saturated heterocycles. The van der Waals surface area contributed by atoms with Crippen LogP contribution in [-0.4, -0.2) is 9.13 Å². The smallest absolute Gasteiger partial charge is 0.0541 e. The van der Waals surface area contributed by atoms with Gasteiger partial charge in [-0.05, 0) is 135 Å². The number of aromatic nitrogens is 2. The molecule has 0 atom stereocenters. The third kappa shape index (κ3) is 4.97. The highest BCUT2D eigenvalue weighted by atomic mass is 15.0. The van der Waals surface area contributed by atoms with Gasteiger partial charge in [0.05, 0.1) is 22.1 Å². The van der Waals surface area contributed by atoms with Gasteiger partial charge in [-0.15, -0.1) is 0 Å². The number of fused-ring (bicyclic) bond motifs is 11. The average molecular weight is 725 g/mol. The van der Waals surface area contributed by atoms with Crippen LogP contribution in [0.5, 0.6) is 0 Å². The van der Waals surface area contributed by atoms with Crippen LogP contribution in [0.2, 0.25) is 0 Å². The minimum absolute atomic E-state index is 0.882.